The van der Waals surface area contributed by atoms with Crippen molar-refractivity contribution in [2.45, 2.75) is 77.6 Å². The lowest BCUT2D eigenvalue weighted by Gasteiger charge is -2.33. The monoisotopic (exact) mass is 629 g/mol. The van der Waals surface area contributed by atoms with Crippen LogP contribution in [0.5, 0.6) is 11.5 Å². The summed E-state index contributed by atoms with van der Waals surface area (Å²) in [7, 11) is 3.14. The third-order valence-electron chi connectivity index (χ3n) is 8.70. The molecule has 1 aromatic carbocycles. The molecule has 4 heterocycles. The maximum Gasteiger partial charge on any atom is 0.306 e. The molecule has 3 aromatic heterocycles. The summed E-state index contributed by atoms with van der Waals surface area (Å²) >= 11 is 0. The number of halogens is 1. The summed E-state index contributed by atoms with van der Waals surface area (Å²) in [6.45, 7) is 5.82. The molecule has 2 atom stereocenters. The van der Waals surface area contributed by atoms with E-state index in [1.807, 2.05) is 51.2 Å². The van der Waals surface area contributed by atoms with Gasteiger partial charge >= 0.3 is 5.97 Å². The molecule has 1 aliphatic carbocycles. The van der Waals surface area contributed by atoms with Crippen molar-refractivity contribution >= 4 is 23.2 Å². The van der Waals surface area contributed by atoms with Crippen LogP contribution in [0.15, 0.2) is 48.8 Å². The zero-order valence-electron chi connectivity index (χ0n) is 26.9. The fraction of sp³-hybridized carbons (Fsp3) is 0.429. The average Bonchev–Trinajstić information content (AvgIpc) is 3.60. The Hall–Kier alpha value is -4.67. The second-order valence-corrected chi connectivity index (χ2v) is 13.0. The van der Waals surface area contributed by atoms with Gasteiger partial charge < -0.3 is 24.4 Å². The number of carbonyl (C=O) groups is 2. The highest BCUT2D eigenvalue weighted by Crippen LogP contribution is 2.40. The first-order chi connectivity index (χ1) is 22.1. The Morgan fingerprint density at radius 1 is 1.11 bits per heavy atom. The first kappa shape index (κ1) is 31.3. The number of hydrogen-bond donors (Lipinski definition) is 1. The highest BCUT2D eigenvalue weighted by Gasteiger charge is 2.38. The van der Waals surface area contributed by atoms with Crippen molar-refractivity contribution in [3.8, 4) is 22.8 Å². The molecule has 4 aromatic rings. The lowest BCUT2D eigenvalue weighted by Crippen LogP contribution is -2.36. The summed E-state index contributed by atoms with van der Waals surface area (Å²) in [6, 6.07) is 10.9. The molecule has 0 saturated heterocycles. The van der Waals surface area contributed by atoms with E-state index in [-0.39, 0.29) is 60.3 Å². The van der Waals surface area contributed by atoms with E-state index in [1.165, 1.54) is 0 Å². The van der Waals surface area contributed by atoms with E-state index >= 15 is 4.39 Å². The number of fused-ring (bicyclic) bond motifs is 2. The predicted molar refractivity (Wildman–Crippen MR) is 171 cm³/mol. The fourth-order valence-corrected chi connectivity index (χ4v) is 6.55. The number of pyridine rings is 2. The Morgan fingerprint density at radius 2 is 1.91 bits per heavy atom. The van der Waals surface area contributed by atoms with Gasteiger partial charge in [0.05, 0.1) is 50.2 Å². The van der Waals surface area contributed by atoms with Gasteiger partial charge in [0.2, 0.25) is 0 Å². The number of amides is 1. The number of nitrogens with zero attached hydrogens (tertiary/aromatic N) is 4. The van der Waals surface area contributed by atoms with E-state index in [0.29, 0.717) is 22.8 Å². The summed E-state index contributed by atoms with van der Waals surface area (Å²) in [5.41, 5.74) is 2.43. The molecular weight excluding hydrogens is 589 g/mol. The van der Waals surface area contributed by atoms with Gasteiger partial charge in [0, 0.05) is 41.5 Å². The largest absolute Gasteiger partial charge is 0.497 e. The van der Waals surface area contributed by atoms with Gasteiger partial charge in [-0.1, -0.05) is 18.9 Å². The molecule has 1 amide bonds. The van der Waals surface area contributed by atoms with Gasteiger partial charge in [-0.2, -0.15) is 5.10 Å². The molecule has 1 fully saturated rings. The van der Waals surface area contributed by atoms with Crippen LogP contribution < -0.4 is 14.8 Å². The van der Waals surface area contributed by atoms with Crippen LogP contribution in [0.4, 0.5) is 10.2 Å². The Balaban J connectivity index is 1.38. The number of rotatable bonds is 9. The van der Waals surface area contributed by atoms with Crippen molar-refractivity contribution in [2.24, 2.45) is 5.92 Å². The Morgan fingerprint density at radius 3 is 2.67 bits per heavy atom. The molecule has 0 unspecified atom stereocenters. The summed E-state index contributed by atoms with van der Waals surface area (Å²) in [5, 5.41) is 7.84. The molecule has 10 nitrogen and oxygen atoms in total. The Kier molecular flexibility index (Phi) is 8.59. The number of benzene rings is 1. The molecule has 1 N–H and O–H groups in total. The summed E-state index contributed by atoms with van der Waals surface area (Å²) < 4.78 is 34.8. The van der Waals surface area contributed by atoms with Gasteiger partial charge in [-0.25, -0.2) is 13.9 Å². The zero-order valence-corrected chi connectivity index (χ0v) is 26.9. The number of hydrogen-bond acceptors (Lipinski definition) is 8. The molecule has 11 heteroatoms. The van der Waals surface area contributed by atoms with Gasteiger partial charge in [-0.15, -0.1) is 0 Å². The number of ether oxygens (including phenoxy) is 3. The Bertz CT molecular complexity index is 1780. The third-order valence-corrected chi connectivity index (χ3v) is 8.70. The van der Waals surface area contributed by atoms with Crippen LogP contribution in [0.1, 0.15) is 74.4 Å². The van der Waals surface area contributed by atoms with E-state index < -0.39 is 11.4 Å². The first-order valence-corrected chi connectivity index (χ1v) is 15.7. The van der Waals surface area contributed by atoms with Crippen LogP contribution in [-0.2, 0) is 22.6 Å². The van der Waals surface area contributed by atoms with Crippen molar-refractivity contribution in [1.29, 1.82) is 0 Å². The molecule has 46 heavy (non-hydrogen) atoms. The highest BCUT2D eigenvalue weighted by atomic mass is 19.1. The molecule has 1 saturated carbocycles. The molecule has 0 spiro atoms. The van der Waals surface area contributed by atoms with Crippen molar-refractivity contribution in [3.63, 3.8) is 0 Å². The molecule has 2 aliphatic rings. The van der Waals surface area contributed by atoms with Crippen LogP contribution in [0.3, 0.4) is 0 Å². The fourth-order valence-electron chi connectivity index (χ4n) is 6.55. The van der Waals surface area contributed by atoms with Gasteiger partial charge in [-0.05, 0) is 63.8 Å². The topological polar surface area (TPSA) is 107 Å². The Labute approximate surface area is 267 Å². The standard InChI is InChI=1S/C35H40FN5O5/c1-35(2,3)46-29(42)16-21-10-6-7-11-26(21)38-33-31(36)25-20-40(19-22-13-14-23(44-4)17-28(22)45-5)34(43)30(25)32(39-33)24-18-37-41-15-9-8-12-27(24)41/h8-9,12-15,17-18,21,26H,6-7,10-11,16,19-20H2,1-5H3,(H,38,39)/t21-,26-/m1/s1. The molecule has 6 rings (SSSR count). The van der Waals surface area contributed by atoms with Crippen molar-refractivity contribution in [3.05, 3.63) is 71.3 Å². The number of methoxy groups -OCH3 is 2. The van der Waals surface area contributed by atoms with Crippen molar-refractivity contribution in [2.75, 3.05) is 19.5 Å². The summed E-state index contributed by atoms with van der Waals surface area (Å²) in [4.78, 5) is 33.3. The van der Waals surface area contributed by atoms with Crippen LogP contribution in [0, 0.1) is 11.7 Å². The smallest absolute Gasteiger partial charge is 0.306 e. The maximum absolute atomic E-state index is 16.5. The zero-order chi connectivity index (χ0) is 32.6. The van der Waals surface area contributed by atoms with E-state index in [0.717, 1.165) is 36.8 Å². The quantitative estimate of drug-likeness (QED) is 0.212. The lowest BCUT2D eigenvalue weighted by atomic mass is 9.82. The summed E-state index contributed by atoms with van der Waals surface area (Å²) in [6.07, 6.45) is 7.23. The second kappa shape index (κ2) is 12.6. The average molecular weight is 630 g/mol. The summed E-state index contributed by atoms with van der Waals surface area (Å²) in [5.74, 6) is 0.0774. The van der Waals surface area contributed by atoms with E-state index in [1.54, 1.807) is 42.0 Å². The maximum atomic E-state index is 16.5. The van der Waals surface area contributed by atoms with Gasteiger partial charge in [0.15, 0.2) is 11.6 Å². The number of nitrogens with one attached hydrogen (secondary N) is 1. The molecule has 1 aliphatic heterocycles. The van der Waals surface area contributed by atoms with Gasteiger partial charge in [0.1, 0.15) is 17.1 Å². The van der Waals surface area contributed by atoms with Crippen LogP contribution in [-0.4, -0.2) is 57.2 Å². The van der Waals surface area contributed by atoms with Crippen LogP contribution in [0.25, 0.3) is 16.8 Å². The number of carbonyl (C=O) groups excluding carboxylic acids is 2. The molecule has 0 bridgehead atoms. The minimum atomic E-state index is -0.583. The van der Waals surface area contributed by atoms with Crippen molar-refractivity contribution < 1.29 is 28.2 Å². The number of esters is 1. The van der Waals surface area contributed by atoms with E-state index in [4.69, 9.17) is 19.2 Å². The number of anilines is 1. The van der Waals surface area contributed by atoms with E-state index in [9.17, 15) is 9.59 Å². The minimum Gasteiger partial charge on any atom is -0.497 e. The molecule has 242 valence electrons. The lowest BCUT2D eigenvalue weighted by molar-refractivity contribution is -0.156. The first-order valence-electron chi connectivity index (χ1n) is 15.7. The van der Waals surface area contributed by atoms with Gasteiger partial charge in [0.25, 0.3) is 5.91 Å². The van der Waals surface area contributed by atoms with Crippen LogP contribution in [0.2, 0.25) is 0 Å². The van der Waals surface area contributed by atoms with E-state index in [2.05, 4.69) is 10.4 Å². The molecule has 0 radical (unpaired) electrons. The van der Waals surface area contributed by atoms with Gasteiger partial charge in [-0.3, -0.25) is 9.59 Å². The molecular formula is C35H40FN5O5. The normalized spacial score (nSPS) is 18.0. The third kappa shape index (κ3) is 6.23. The minimum absolute atomic E-state index is 0.0425. The SMILES string of the molecule is COc1ccc(CN2Cc3c(F)c(N[C@@H]4CCCC[C@@H]4CC(=O)OC(C)(C)C)nc(-c4cnn5ccccc45)c3C2=O)c(OC)c1. The predicted octanol–water partition coefficient (Wildman–Crippen LogP) is 6.41. The van der Waals surface area contributed by atoms with Crippen LogP contribution >= 0.6 is 0 Å². The van der Waals surface area contributed by atoms with Crippen molar-refractivity contribution in [1.82, 2.24) is 19.5 Å². The highest BCUT2D eigenvalue weighted by molar-refractivity contribution is 6.05. The second-order valence-electron chi connectivity index (χ2n) is 13.0. The number of aromatic nitrogens is 3.